The van der Waals surface area contributed by atoms with Gasteiger partial charge >= 0.3 is 5.97 Å². The molecule has 1 heterocycles. The number of anilines is 2. The number of hydrogen-bond donors (Lipinski definition) is 2. The van der Waals surface area contributed by atoms with Gasteiger partial charge in [0, 0.05) is 32.4 Å². The van der Waals surface area contributed by atoms with Crippen molar-refractivity contribution >= 4 is 28.4 Å². The van der Waals surface area contributed by atoms with Crippen molar-refractivity contribution in [2.75, 3.05) is 38.0 Å². The zero-order valence-electron chi connectivity index (χ0n) is 20.8. The molecule has 0 radical (unpaired) electrons. The maximum absolute atomic E-state index is 13.2. The van der Waals surface area contributed by atoms with Crippen molar-refractivity contribution < 1.29 is 18.7 Å². The number of carbonyl (C=O) groups excluding carboxylic acids is 1. The second kappa shape index (κ2) is 10.6. The van der Waals surface area contributed by atoms with E-state index >= 15 is 0 Å². The van der Waals surface area contributed by atoms with Crippen LogP contribution in [0.5, 0.6) is 5.75 Å². The second-order valence-electron chi connectivity index (χ2n) is 8.61. The van der Waals surface area contributed by atoms with E-state index in [1.54, 1.807) is 31.4 Å². The molecule has 1 aliphatic heterocycles. The van der Waals surface area contributed by atoms with Gasteiger partial charge in [0.25, 0.3) is 10.9 Å². The Hall–Kier alpha value is -4.27. The lowest BCUT2D eigenvalue weighted by atomic mass is 10.1. The summed E-state index contributed by atoms with van der Waals surface area (Å²) in [7, 11) is 5.34. The number of fused-ring (bicyclic) bond motifs is 1. The number of hydrogen-bond acceptors (Lipinski definition) is 8. The molecule has 0 bridgehead atoms. The average Bonchev–Trinajstić information content (AvgIpc) is 2.89. The molecule has 2 aliphatic rings. The van der Waals surface area contributed by atoms with E-state index in [0.717, 1.165) is 17.7 Å². The van der Waals surface area contributed by atoms with Crippen molar-refractivity contribution in [1.82, 2.24) is 4.98 Å². The number of esters is 1. The molecule has 4 rings (SSSR count). The minimum Gasteiger partial charge on any atom is -0.497 e. The summed E-state index contributed by atoms with van der Waals surface area (Å²) in [6, 6.07) is 12.6. The van der Waals surface area contributed by atoms with Gasteiger partial charge in [-0.15, -0.1) is 0 Å². The smallest absolute Gasteiger partial charge is 0.342 e. The number of ether oxygens (including phenoxy) is 2. The van der Waals surface area contributed by atoms with Gasteiger partial charge in [0.2, 0.25) is 5.42 Å². The predicted molar refractivity (Wildman–Crippen MR) is 138 cm³/mol. The number of carbonyl (C=O) groups is 1. The van der Waals surface area contributed by atoms with Gasteiger partial charge in [-0.25, -0.2) is 4.79 Å². The predicted octanol–water partition coefficient (Wildman–Crippen LogP) is 3.85. The highest BCUT2D eigenvalue weighted by Gasteiger charge is 2.24. The summed E-state index contributed by atoms with van der Waals surface area (Å²) >= 11 is 0. The number of aromatic nitrogens is 1. The fraction of sp³-hybridized carbons (Fsp3) is 0.296. The van der Waals surface area contributed by atoms with Crippen LogP contribution in [0.1, 0.15) is 35.7 Å². The van der Waals surface area contributed by atoms with Crippen LogP contribution in [0.15, 0.2) is 56.5 Å². The van der Waals surface area contributed by atoms with Crippen LogP contribution in [0.4, 0.5) is 11.4 Å². The molecule has 0 saturated carbocycles. The highest BCUT2D eigenvalue weighted by molar-refractivity contribution is 5.96. The molecule has 9 nitrogen and oxygen atoms in total. The van der Waals surface area contributed by atoms with Crippen LogP contribution >= 0.6 is 0 Å². The Kier molecular flexibility index (Phi) is 7.28. The highest BCUT2D eigenvalue weighted by atomic mass is 16.5. The minimum absolute atomic E-state index is 0.0541. The Morgan fingerprint density at radius 3 is 2.50 bits per heavy atom. The Morgan fingerprint density at radius 2 is 1.83 bits per heavy atom. The molecule has 0 amide bonds. The maximum Gasteiger partial charge on any atom is 0.342 e. The van der Waals surface area contributed by atoms with Gasteiger partial charge < -0.3 is 29.1 Å². The number of aromatic amines is 1. The fourth-order valence-electron chi connectivity index (χ4n) is 3.81. The zero-order valence-corrected chi connectivity index (χ0v) is 20.8. The van der Waals surface area contributed by atoms with E-state index in [2.05, 4.69) is 10.3 Å². The van der Waals surface area contributed by atoms with Crippen LogP contribution in [0.3, 0.4) is 0 Å². The van der Waals surface area contributed by atoms with E-state index < -0.39 is 16.8 Å². The third-order valence-corrected chi connectivity index (χ3v) is 5.88. The number of rotatable bonds is 9. The topological polar surface area (TPSA) is 114 Å². The molecule has 2 N–H and O–H groups in total. The molecule has 0 atom stereocenters. The summed E-state index contributed by atoms with van der Waals surface area (Å²) in [6.07, 6.45) is 1.51. The van der Waals surface area contributed by atoms with Crippen molar-refractivity contribution in [2.24, 2.45) is 0 Å². The third-order valence-electron chi connectivity index (χ3n) is 5.88. The first kappa shape index (κ1) is 24.8. The Bertz CT molecular complexity index is 1570. The van der Waals surface area contributed by atoms with Crippen molar-refractivity contribution in [3.8, 4) is 5.75 Å². The zero-order chi connectivity index (χ0) is 25.8. The van der Waals surface area contributed by atoms with E-state index in [1.165, 1.54) is 0 Å². The van der Waals surface area contributed by atoms with E-state index in [4.69, 9.17) is 13.9 Å². The normalized spacial score (nSPS) is 11.0. The average molecular weight is 492 g/mol. The van der Waals surface area contributed by atoms with Gasteiger partial charge in [-0.1, -0.05) is 25.5 Å². The molecule has 2 aromatic carbocycles. The fourth-order valence-corrected chi connectivity index (χ4v) is 3.81. The van der Waals surface area contributed by atoms with Gasteiger partial charge in [0.05, 0.1) is 19.2 Å². The molecule has 36 heavy (non-hydrogen) atoms. The minimum atomic E-state index is -0.862. The number of H-pyrrole nitrogens is 1. The molecule has 0 fully saturated rings. The lowest BCUT2D eigenvalue weighted by Gasteiger charge is -2.14. The van der Waals surface area contributed by atoms with Crippen molar-refractivity contribution in [1.29, 1.82) is 0 Å². The Balaban J connectivity index is 1.89. The number of unbranched alkanes of at least 4 members (excludes halogenated alkanes) is 1. The van der Waals surface area contributed by atoms with E-state index in [-0.39, 0.29) is 35.2 Å². The first-order valence-electron chi connectivity index (χ1n) is 11.7. The molecule has 2 aromatic rings. The standard InChI is InChI=1S/C27H29N3O6/c1-5-6-13-35-27(33)21-22(28-15-16-7-10-18(34-4)11-8-16)24(31)25(32)26-23(21)29-19-12-9-17(30(2)3)14-20(19)36-26/h7-12,14,28-29H,5-6,13,15H2,1-4H3. The Morgan fingerprint density at radius 1 is 1.08 bits per heavy atom. The molecular formula is C27H29N3O6. The molecule has 0 aromatic heterocycles. The lowest BCUT2D eigenvalue weighted by molar-refractivity contribution is 0.0498. The van der Waals surface area contributed by atoms with E-state index in [1.807, 2.05) is 44.1 Å². The van der Waals surface area contributed by atoms with Gasteiger partial charge in [-0.2, -0.15) is 0 Å². The van der Waals surface area contributed by atoms with Crippen LogP contribution < -0.4 is 25.8 Å². The number of nitrogens with one attached hydrogen (secondary N) is 2. The van der Waals surface area contributed by atoms with E-state index in [9.17, 15) is 14.4 Å². The Labute approximate surface area is 207 Å². The summed E-state index contributed by atoms with van der Waals surface area (Å²) in [5.74, 6) is -0.0185. The summed E-state index contributed by atoms with van der Waals surface area (Å²) in [6.45, 7) is 2.38. The highest BCUT2D eigenvalue weighted by Crippen LogP contribution is 2.22. The molecule has 1 aliphatic carbocycles. The van der Waals surface area contributed by atoms with Crippen LogP contribution in [0, 0.1) is 10.8 Å². The number of methoxy groups -OCH3 is 1. The first-order chi connectivity index (χ1) is 17.3. The maximum atomic E-state index is 13.2. The molecule has 0 unspecified atom stereocenters. The monoisotopic (exact) mass is 491 g/mol. The van der Waals surface area contributed by atoms with E-state index in [0.29, 0.717) is 23.3 Å². The van der Waals surface area contributed by atoms with Gasteiger partial charge in [0.1, 0.15) is 22.3 Å². The third kappa shape index (κ3) is 4.91. The molecule has 9 heteroatoms. The summed E-state index contributed by atoms with van der Waals surface area (Å²) < 4.78 is 16.5. The van der Waals surface area contributed by atoms with Crippen LogP contribution in [0.2, 0.25) is 0 Å². The van der Waals surface area contributed by atoms with Crippen molar-refractivity contribution in [2.45, 2.75) is 26.3 Å². The molecule has 0 spiro atoms. The summed E-state index contributed by atoms with van der Waals surface area (Å²) in [4.78, 5) is 44.5. The van der Waals surface area contributed by atoms with Crippen molar-refractivity contribution in [3.63, 3.8) is 0 Å². The second-order valence-corrected chi connectivity index (χ2v) is 8.61. The molecular weight excluding hydrogens is 462 g/mol. The number of nitrogens with zero attached hydrogens (tertiary/aromatic N) is 1. The molecule has 188 valence electrons. The quantitative estimate of drug-likeness (QED) is 0.206. The number of benzene rings is 2. The van der Waals surface area contributed by atoms with Crippen LogP contribution in [-0.2, 0) is 11.3 Å². The van der Waals surface area contributed by atoms with Gasteiger partial charge in [-0.05, 0) is 36.2 Å². The first-order valence-corrected chi connectivity index (χ1v) is 11.7. The van der Waals surface area contributed by atoms with Gasteiger partial charge in [-0.3, -0.25) is 9.59 Å². The van der Waals surface area contributed by atoms with Crippen LogP contribution in [0.25, 0.3) is 11.1 Å². The largest absolute Gasteiger partial charge is 0.497 e. The SMILES string of the molecule is CCCCOC(=O)c1c(NCc2ccc(OC)cc2)c(=O)c(=O)c2oc3cc(N(C)C)ccc3[nH]c1=2. The summed E-state index contributed by atoms with van der Waals surface area (Å²) in [5.41, 5.74) is 0.522. The van der Waals surface area contributed by atoms with Gasteiger partial charge in [0.15, 0.2) is 5.58 Å². The van der Waals surface area contributed by atoms with Crippen LogP contribution in [-0.4, -0.2) is 38.8 Å². The summed E-state index contributed by atoms with van der Waals surface area (Å²) in [5, 5.41) is 3.10. The lowest BCUT2D eigenvalue weighted by Crippen LogP contribution is -2.31. The van der Waals surface area contributed by atoms with Crippen molar-refractivity contribution in [3.05, 3.63) is 84.8 Å². The molecule has 0 saturated heterocycles.